The van der Waals surface area contributed by atoms with Crippen LogP contribution in [0.4, 0.5) is 29.5 Å². The highest BCUT2D eigenvalue weighted by molar-refractivity contribution is 5.93. The van der Waals surface area contributed by atoms with Crippen LogP contribution in [0.25, 0.3) is 0 Å². The van der Waals surface area contributed by atoms with Crippen LogP contribution >= 0.6 is 0 Å². The molecule has 9 nitrogen and oxygen atoms in total. The molecule has 3 aliphatic rings. The van der Waals surface area contributed by atoms with Crippen molar-refractivity contribution in [3.05, 3.63) is 76.5 Å². The summed E-state index contributed by atoms with van der Waals surface area (Å²) < 4.78 is 48.4. The van der Waals surface area contributed by atoms with Crippen molar-refractivity contribution in [1.82, 2.24) is 19.7 Å². The van der Waals surface area contributed by atoms with E-state index in [1.54, 1.807) is 23.2 Å². The molecule has 2 aromatic carbocycles. The fourth-order valence-corrected chi connectivity index (χ4v) is 6.01. The number of benzene rings is 2. The number of alkyl halides is 3. The Bertz CT molecular complexity index is 1550. The van der Waals surface area contributed by atoms with Gasteiger partial charge in [0.1, 0.15) is 17.3 Å². The lowest BCUT2D eigenvalue weighted by atomic mass is 9.99. The highest BCUT2D eigenvalue weighted by atomic mass is 19.4. The van der Waals surface area contributed by atoms with Gasteiger partial charge in [-0.15, -0.1) is 0 Å². The predicted octanol–water partition coefficient (Wildman–Crippen LogP) is 5.51. The average Bonchev–Trinajstić information content (AvgIpc) is 3.01. The average molecular weight is 609 g/mol. The number of nitrogens with zero attached hydrogens (tertiary/aromatic N) is 4. The molecule has 1 fully saturated rings. The molecule has 0 spiro atoms. The third-order valence-corrected chi connectivity index (χ3v) is 8.55. The molecule has 232 valence electrons. The van der Waals surface area contributed by atoms with E-state index in [-0.39, 0.29) is 30.2 Å². The molecule has 12 heteroatoms. The normalized spacial score (nSPS) is 17.5. The molecule has 1 saturated heterocycles. The van der Waals surface area contributed by atoms with Crippen LogP contribution in [0.1, 0.15) is 41.2 Å². The monoisotopic (exact) mass is 608 g/mol. The minimum atomic E-state index is -4.54. The molecule has 3 aromatic rings. The number of hydrogen-bond acceptors (Lipinski definition) is 6. The van der Waals surface area contributed by atoms with Crippen LogP contribution in [0.5, 0.6) is 11.5 Å². The van der Waals surface area contributed by atoms with E-state index in [0.29, 0.717) is 43.1 Å². The van der Waals surface area contributed by atoms with Gasteiger partial charge < -0.3 is 25.2 Å². The second kappa shape index (κ2) is 12.4. The zero-order chi connectivity index (χ0) is 30.8. The van der Waals surface area contributed by atoms with Crippen molar-refractivity contribution < 1.29 is 27.5 Å². The van der Waals surface area contributed by atoms with Gasteiger partial charge in [-0.2, -0.15) is 13.2 Å². The maximum absolute atomic E-state index is 14.1. The molecule has 0 radical (unpaired) electrons. The fraction of sp³-hybridized carbons (Fsp3) is 0.406. The number of rotatable bonds is 6. The van der Waals surface area contributed by atoms with Crippen LogP contribution in [0.15, 0.2) is 48.7 Å². The van der Waals surface area contributed by atoms with Crippen molar-refractivity contribution >= 4 is 23.4 Å². The standard InChI is InChI=1S/C32H35F3N6O3/c1-2-39-13-15-40(16-14-39)19-22-3-5-24(18-27(22)32(33,34)35)37-31(43)41-12-10-21-4-6-25(17-23(21)20-41)44-28-9-11-36-30-26(28)7-8-29(42)38-30/h3-6,9,11,17-18H,2,7-8,10,12-16,19-20H2,1H3,(H,37,43)(H,36,38,42). The summed E-state index contributed by atoms with van der Waals surface area (Å²) in [4.78, 5) is 35.1. The maximum Gasteiger partial charge on any atom is 0.416 e. The van der Waals surface area contributed by atoms with Gasteiger partial charge in [0, 0.05) is 69.7 Å². The highest BCUT2D eigenvalue weighted by Gasteiger charge is 2.34. The number of urea groups is 1. The minimum absolute atomic E-state index is 0.0825. The number of piperazine rings is 1. The van der Waals surface area contributed by atoms with E-state index in [2.05, 4.69) is 27.4 Å². The molecular weight excluding hydrogens is 573 g/mol. The third kappa shape index (κ3) is 6.66. The Morgan fingerprint density at radius 3 is 2.55 bits per heavy atom. The van der Waals surface area contributed by atoms with Gasteiger partial charge in [-0.25, -0.2) is 9.78 Å². The molecule has 1 aromatic heterocycles. The predicted molar refractivity (Wildman–Crippen MR) is 160 cm³/mol. The number of amides is 3. The van der Waals surface area contributed by atoms with Crippen molar-refractivity contribution in [1.29, 1.82) is 0 Å². The van der Waals surface area contributed by atoms with Crippen molar-refractivity contribution in [3.8, 4) is 11.5 Å². The van der Waals surface area contributed by atoms with Crippen LogP contribution in [-0.2, 0) is 36.9 Å². The Kier molecular flexibility index (Phi) is 8.46. The molecule has 2 N–H and O–H groups in total. The first-order valence-electron chi connectivity index (χ1n) is 14.9. The molecule has 0 aliphatic carbocycles. The largest absolute Gasteiger partial charge is 0.457 e. The fourth-order valence-electron chi connectivity index (χ4n) is 6.01. The number of ether oxygens (including phenoxy) is 1. The SMILES string of the molecule is CCN1CCN(Cc2ccc(NC(=O)N3CCc4ccc(Oc5ccnc6c5CCC(=O)N6)cc4C3)cc2C(F)(F)F)CC1. The Morgan fingerprint density at radius 2 is 1.77 bits per heavy atom. The van der Waals surface area contributed by atoms with Crippen LogP contribution in [0.2, 0.25) is 0 Å². The minimum Gasteiger partial charge on any atom is -0.457 e. The lowest BCUT2D eigenvalue weighted by Gasteiger charge is -2.34. The molecule has 0 atom stereocenters. The summed E-state index contributed by atoms with van der Waals surface area (Å²) in [6.07, 6.45) is -1.48. The maximum atomic E-state index is 14.1. The van der Waals surface area contributed by atoms with Crippen molar-refractivity contribution in [3.63, 3.8) is 0 Å². The topological polar surface area (TPSA) is 90.0 Å². The first-order valence-corrected chi connectivity index (χ1v) is 14.9. The number of fused-ring (bicyclic) bond motifs is 2. The van der Waals surface area contributed by atoms with E-state index >= 15 is 0 Å². The van der Waals surface area contributed by atoms with Crippen LogP contribution < -0.4 is 15.4 Å². The van der Waals surface area contributed by atoms with E-state index in [1.165, 1.54) is 6.07 Å². The summed E-state index contributed by atoms with van der Waals surface area (Å²) >= 11 is 0. The Balaban J connectivity index is 1.13. The van der Waals surface area contributed by atoms with E-state index in [9.17, 15) is 22.8 Å². The summed E-state index contributed by atoms with van der Waals surface area (Å²) in [6.45, 7) is 7.06. The number of halogens is 3. The molecule has 6 rings (SSSR count). The summed E-state index contributed by atoms with van der Waals surface area (Å²) in [7, 11) is 0. The van der Waals surface area contributed by atoms with Crippen molar-refractivity contribution in [2.24, 2.45) is 0 Å². The summed E-state index contributed by atoms with van der Waals surface area (Å²) in [5.74, 6) is 1.60. The van der Waals surface area contributed by atoms with E-state index < -0.39 is 17.8 Å². The molecule has 0 bridgehead atoms. The molecule has 3 amide bonds. The van der Waals surface area contributed by atoms with Gasteiger partial charge in [0.2, 0.25) is 5.91 Å². The zero-order valence-electron chi connectivity index (χ0n) is 24.5. The van der Waals surface area contributed by atoms with Gasteiger partial charge in [-0.1, -0.05) is 19.1 Å². The van der Waals surface area contributed by atoms with Crippen molar-refractivity contribution in [2.45, 2.75) is 45.5 Å². The van der Waals surface area contributed by atoms with Gasteiger partial charge in [-0.05, 0) is 66.4 Å². The van der Waals surface area contributed by atoms with E-state index in [4.69, 9.17) is 4.74 Å². The molecule has 3 aliphatic heterocycles. The number of anilines is 2. The Hall–Kier alpha value is -4.16. The van der Waals surface area contributed by atoms with Gasteiger partial charge in [0.05, 0.1) is 5.56 Å². The summed E-state index contributed by atoms with van der Waals surface area (Å²) in [5, 5.41) is 5.45. The first-order chi connectivity index (χ1) is 21.2. The third-order valence-electron chi connectivity index (χ3n) is 8.55. The number of carbonyl (C=O) groups is 2. The Morgan fingerprint density at radius 1 is 0.977 bits per heavy atom. The lowest BCUT2D eigenvalue weighted by molar-refractivity contribution is -0.138. The van der Waals surface area contributed by atoms with Crippen molar-refractivity contribution in [2.75, 3.05) is 49.9 Å². The zero-order valence-corrected chi connectivity index (χ0v) is 24.5. The molecular formula is C32H35F3N6O3. The second-order valence-electron chi connectivity index (χ2n) is 11.4. The van der Waals surface area contributed by atoms with Gasteiger partial charge in [0.25, 0.3) is 0 Å². The van der Waals surface area contributed by atoms with Gasteiger partial charge in [-0.3, -0.25) is 9.69 Å². The van der Waals surface area contributed by atoms with E-state index in [1.807, 2.05) is 23.1 Å². The quantitative estimate of drug-likeness (QED) is 0.384. The van der Waals surface area contributed by atoms with Gasteiger partial charge >= 0.3 is 12.2 Å². The molecule has 44 heavy (non-hydrogen) atoms. The smallest absolute Gasteiger partial charge is 0.416 e. The van der Waals surface area contributed by atoms with Crippen LogP contribution in [0, 0.1) is 0 Å². The Labute approximate surface area is 254 Å². The molecule has 0 unspecified atom stereocenters. The van der Waals surface area contributed by atoms with Crippen LogP contribution in [-0.4, -0.2) is 70.9 Å². The summed E-state index contributed by atoms with van der Waals surface area (Å²) in [5.41, 5.74) is 2.39. The van der Waals surface area contributed by atoms with E-state index in [0.717, 1.165) is 55.5 Å². The highest BCUT2D eigenvalue weighted by Crippen LogP contribution is 2.36. The van der Waals surface area contributed by atoms with Crippen LogP contribution in [0.3, 0.4) is 0 Å². The number of carbonyl (C=O) groups excluding carboxylic acids is 2. The number of aromatic nitrogens is 1. The number of nitrogens with one attached hydrogen (secondary N) is 2. The number of pyridine rings is 1. The summed E-state index contributed by atoms with van der Waals surface area (Å²) in [6, 6.07) is 11.1. The van der Waals surface area contributed by atoms with Gasteiger partial charge in [0.15, 0.2) is 0 Å². The first kappa shape index (κ1) is 29.9. The number of likely N-dealkylation sites (N-methyl/N-ethyl adjacent to an activating group) is 1. The number of hydrogen-bond donors (Lipinski definition) is 2. The second-order valence-corrected chi connectivity index (χ2v) is 11.4. The molecule has 0 saturated carbocycles. The molecule has 4 heterocycles. The lowest BCUT2D eigenvalue weighted by Crippen LogP contribution is -2.45.